The van der Waals surface area contributed by atoms with Gasteiger partial charge in [-0.15, -0.1) is 11.3 Å². The number of rotatable bonds is 6. The molecule has 1 rings (SSSR count). The van der Waals surface area contributed by atoms with Crippen molar-refractivity contribution in [3.63, 3.8) is 0 Å². The van der Waals surface area contributed by atoms with Gasteiger partial charge in [0.15, 0.2) is 0 Å². The molecule has 86 valence electrons. The Morgan fingerprint density at radius 3 is 2.67 bits per heavy atom. The highest BCUT2D eigenvalue weighted by atomic mass is 32.1. The number of hydrogen-bond acceptors (Lipinski definition) is 3. The lowest BCUT2D eigenvalue weighted by atomic mass is 10.1. The predicted molar refractivity (Wildman–Crippen MR) is 66.2 cm³/mol. The molecule has 3 heteroatoms. The molecular formula is C12H21NOS. The van der Waals surface area contributed by atoms with E-state index in [1.54, 1.807) is 11.3 Å². The zero-order valence-corrected chi connectivity index (χ0v) is 10.6. The third kappa shape index (κ3) is 4.78. The fourth-order valence-corrected chi connectivity index (χ4v) is 2.18. The Kier molecular flexibility index (Phi) is 5.29. The number of nitrogens with one attached hydrogen (secondary N) is 1. The van der Waals surface area contributed by atoms with E-state index < -0.39 is 0 Å². The second kappa shape index (κ2) is 6.26. The standard InChI is InChI=1S/C12H21NOS/c1-9(2)8-13-10(3)7-11(14)12-5-4-6-15-12/h4-6,9-11,13-14H,7-8H2,1-3H3. The molecule has 0 saturated carbocycles. The Labute approximate surface area is 96.3 Å². The number of hydrogen-bond donors (Lipinski definition) is 2. The van der Waals surface area contributed by atoms with Crippen molar-refractivity contribution in [2.24, 2.45) is 5.92 Å². The zero-order chi connectivity index (χ0) is 11.3. The van der Waals surface area contributed by atoms with Crippen LogP contribution in [-0.4, -0.2) is 17.7 Å². The fourth-order valence-electron chi connectivity index (χ4n) is 1.45. The van der Waals surface area contributed by atoms with Gasteiger partial charge in [0, 0.05) is 10.9 Å². The average Bonchev–Trinajstić information content (AvgIpc) is 2.67. The van der Waals surface area contributed by atoms with Crippen LogP contribution in [0.5, 0.6) is 0 Å². The van der Waals surface area contributed by atoms with Crippen molar-refractivity contribution in [3.8, 4) is 0 Å². The van der Waals surface area contributed by atoms with Gasteiger partial charge in [-0.05, 0) is 37.3 Å². The van der Waals surface area contributed by atoms with Gasteiger partial charge < -0.3 is 10.4 Å². The van der Waals surface area contributed by atoms with E-state index in [0.29, 0.717) is 12.0 Å². The summed E-state index contributed by atoms with van der Waals surface area (Å²) in [5, 5.41) is 15.3. The highest BCUT2D eigenvalue weighted by Gasteiger charge is 2.12. The van der Waals surface area contributed by atoms with Crippen molar-refractivity contribution in [1.82, 2.24) is 5.32 Å². The Morgan fingerprint density at radius 1 is 1.40 bits per heavy atom. The summed E-state index contributed by atoms with van der Waals surface area (Å²) in [6, 6.07) is 4.34. The van der Waals surface area contributed by atoms with Gasteiger partial charge in [-0.1, -0.05) is 19.9 Å². The molecule has 0 aliphatic carbocycles. The van der Waals surface area contributed by atoms with Gasteiger partial charge in [0.2, 0.25) is 0 Å². The molecule has 0 aliphatic heterocycles. The minimum atomic E-state index is -0.320. The molecule has 0 spiro atoms. The average molecular weight is 227 g/mol. The van der Waals surface area contributed by atoms with Crippen molar-refractivity contribution >= 4 is 11.3 Å². The summed E-state index contributed by atoms with van der Waals surface area (Å²) in [6.45, 7) is 7.52. The van der Waals surface area contributed by atoms with E-state index in [0.717, 1.165) is 17.8 Å². The topological polar surface area (TPSA) is 32.3 Å². The van der Waals surface area contributed by atoms with Crippen LogP contribution in [0.1, 0.15) is 38.2 Å². The van der Waals surface area contributed by atoms with E-state index >= 15 is 0 Å². The largest absolute Gasteiger partial charge is 0.388 e. The maximum absolute atomic E-state index is 9.92. The van der Waals surface area contributed by atoms with Gasteiger partial charge in [0.25, 0.3) is 0 Å². The lowest BCUT2D eigenvalue weighted by Gasteiger charge is -2.18. The molecule has 2 nitrogen and oxygen atoms in total. The van der Waals surface area contributed by atoms with Crippen LogP contribution in [0, 0.1) is 5.92 Å². The molecule has 15 heavy (non-hydrogen) atoms. The maximum Gasteiger partial charge on any atom is 0.0896 e. The van der Waals surface area contributed by atoms with E-state index in [-0.39, 0.29) is 6.10 Å². The van der Waals surface area contributed by atoms with Crippen LogP contribution >= 0.6 is 11.3 Å². The minimum absolute atomic E-state index is 0.320. The lowest BCUT2D eigenvalue weighted by Crippen LogP contribution is -2.30. The van der Waals surface area contributed by atoms with E-state index in [4.69, 9.17) is 0 Å². The molecule has 0 bridgehead atoms. The molecule has 0 fully saturated rings. The van der Waals surface area contributed by atoms with Gasteiger partial charge in [-0.2, -0.15) is 0 Å². The predicted octanol–water partition coefficient (Wildman–Crippen LogP) is 2.81. The first-order valence-corrected chi connectivity index (χ1v) is 6.42. The van der Waals surface area contributed by atoms with Crippen LogP contribution in [0.2, 0.25) is 0 Å². The zero-order valence-electron chi connectivity index (χ0n) is 9.73. The van der Waals surface area contributed by atoms with Crippen molar-refractivity contribution in [3.05, 3.63) is 22.4 Å². The van der Waals surface area contributed by atoms with Crippen molar-refractivity contribution in [2.75, 3.05) is 6.54 Å². The Bertz CT molecular complexity index is 259. The Balaban J connectivity index is 2.28. The van der Waals surface area contributed by atoms with Crippen LogP contribution in [0.25, 0.3) is 0 Å². The molecule has 1 aromatic heterocycles. The monoisotopic (exact) mass is 227 g/mol. The van der Waals surface area contributed by atoms with Crippen molar-refractivity contribution in [1.29, 1.82) is 0 Å². The van der Waals surface area contributed by atoms with Gasteiger partial charge in [0.1, 0.15) is 0 Å². The summed E-state index contributed by atoms with van der Waals surface area (Å²) in [5.41, 5.74) is 0. The SMILES string of the molecule is CC(C)CNC(C)CC(O)c1cccs1. The first kappa shape index (κ1) is 12.7. The molecule has 1 heterocycles. The van der Waals surface area contributed by atoms with Gasteiger partial charge in [-0.25, -0.2) is 0 Å². The summed E-state index contributed by atoms with van der Waals surface area (Å²) >= 11 is 1.62. The van der Waals surface area contributed by atoms with E-state index in [2.05, 4.69) is 26.1 Å². The summed E-state index contributed by atoms with van der Waals surface area (Å²) in [7, 11) is 0. The quantitative estimate of drug-likeness (QED) is 0.783. The Hall–Kier alpha value is -0.380. The van der Waals surface area contributed by atoms with Gasteiger partial charge in [0.05, 0.1) is 6.10 Å². The maximum atomic E-state index is 9.92. The summed E-state index contributed by atoms with van der Waals surface area (Å²) in [4.78, 5) is 1.06. The normalized spacial score (nSPS) is 15.5. The number of thiophene rings is 1. The summed E-state index contributed by atoms with van der Waals surface area (Å²) < 4.78 is 0. The van der Waals surface area contributed by atoms with E-state index in [1.165, 1.54) is 0 Å². The smallest absolute Gasteiger partial charge is 0.0896 e. The van der Waals surface area contributed by atoms with E-state index in [9.17, 15) is 5.11 Å². The van der Waals surface area contributed by atoms with Gasteiger partial charge >= 0.3 is 0 Å². The molecule has 2 N–H and O–H groups in total. The molecular weight excluding hydrogens is 206 g/mol. The summed E-state index contributed by atoms with van der Waals surface area (Å²) in [5.74, 6) is 0.659. The van der Waals surface area contributed by atoms with Crippen LogP contribution in [0.15, 0.2) is 17.5 Å². The van der Waals surface area contributed by atoms with Crippen molar-refractivity contribution in [2.45, 2.75) is 39.3 Å². The molecule has 0 radical (unpaired) electrons. The van der Waals surface area contributed by atoms with Crippen molar-refractivity contribution < 1.29 is 5.11 Å². The molecule has 2 atom stereocenters. The van der Waals surface area contributed by atoms with Crippen LogP contribution < -0.4 is 5.32 Å². The lowest BCUT2D eigenvalue weighted by molar-refractivity contribution is 0.157. The van der Waals surface area contributed by atoms with E-state index in [1.807, 2.05) is 17.5 Å². The highest BCUT2D eigenvalue weighted by molar-refractivity contribution is 7.10. The second-order valence-electron chi connectivity index (χ2n) is 4.47. The van der Waals surface area contributed by atoms with Crippen LogP contribution in [0.3, 0.4) is 0 Å². The third-order valence-corrected chi connectivity index (χ3v) is 3.30. The summed E-state index contributed by atoms with van der Waals surface area (Å²) in [6.07, 6.45) is 0.465. The Morgan fingerprint density at radius 2 is 2.13 bits per heavy atom. The second-order valence-corrected chi connectivity index (χ2v) is 5.45. The fraction of sp³-hybridized carbons (Fsp3) is 0.667. The molecule has 0 aliphatic rings. The first-order chi connectivity index (χ1) is 7.09. The third-order valence-electron chi connectivity index (χ3n) is 2.32. The number of aliphatic hydroxyl groups is 1. The van der Waals surface area contributed by atoms with Gasteiger partial charge in [-0.3, -0.25) is 0 Å². The first-order valence-electron chi connectivity index (χ1n) is 5.54. The molecule has 1 aromatic rings. The molecule has 0 aromatic carbocycles. The molecule has 0 amide bonds. The van der Waals surface area contributed by atoms with Crippen LogP contribution in [-0.2, 0) is 0 Å². The molecule has 2 unspecified atom stereocenters. The molecule has 0 saturated heterocycles. The highest BCUT2D eigenvalue weighted by Crippen LogP contribution is 2.22. The number of aliphatic hydroxyl groups excluding tert-OH is 1. The minimum Gasteiger partial charge on any atom is -0.388 e. The van der Waals surface area contributed by atoms with Crippen LogP contribution in [0.4, 0.5) is 0 Å².